The van der Waals surface area contributed by atoms with Crippen LogP contribution in [0.15, 0.2) is 11.6 Å². The first-order valence-electron chi connectivity index (χ1n) is 30.1. The van der Waals surface area contributed by atoms with E-state index < -0.39 is 213 Å². The molecule has 32 unspecified atom stereocenters. The fraction of sp³-hybridized carbons (Fsp3) is 0.931. The van der Waals surface area contributed by atoms with Gasteiger partial charge in [0.2, 0.25) is 6.29 Å². The number of fused-ring (bicyclic) bond motifs is 7. The number of aliphatic carboxylic acids is 1. The van der Waals surface area contributed by atoms with Gasteiger partial charge in [0.05, 0.1) is 38.1 Å². The molecule has 27 nitrogen and oxygen atoms in total. The molecule has 0 spiro atoms. The highest BCUT2D eigenvalue weighted by Gasteiger charge is 2.72. The highest BCUT2D eigenvalue weighted by molar-refractivity contribution is 5.80. The minimum Gasteiger partial charge on any atom is -0.479 e. The highest BCUT2D eigenvalue weighted by Crippen LogP contribution is 2.76. The number of hydrogen-bond acceptors (Lipinski definition) is 26. The van der Waals surface area contributed by atoms with E-state index in [1.807, 2.05) is 0 Å². The summed E-state index contributed by atoms with van der Waals surface area (Å²) in [5, 5.41) is 163. The van der Waals surface area contributed by atoms with Crippen LogP contribution in [-0.2, 0) is 57.0 Å². The third-order valence-corrected chi connectivity index (χ3v) is 22.7. The predicted molar refractivity (Wildman–Crippen MR) is 284 cm³/mol. The van der Waals surface area contributed by atoms with E-state index in [4.69, 9.17) is 47.4 Å². The SMILES string of the molecule is CC1OC(OC2C(OC(=O)C34CCC(C)(C)CC3C3=CCC5C6(C)CCC(OC7OC(C(=O)O)C(O)C(O)C7O)C(C)(C)C6CCC5(C)C3(C)CC4O)OCC(O)C2OC2OC(CO)C(O)C(O)C2O)C(O)C(O)C1OC1OCC(O)C(O)C1O. The van der Waals surface area contributed by atoms with Gasteiger partial charge >= 0.3 is 11.9 Å². The lowest BCUT2D eigenvalue weighted by molar-refractivity contribution is -0.385. The van der Waals surface area contributed by atoms with Crippen molar-refractivity contribution in [2.75, 3.05) is 19.8 Å². The molecular weight excluding hydrogens is 1130 g/mol. The lowest BCUT2D eigenvalue weighted by Gasteiger charge is -2.71. The molecule has 4 saturated carbocycles. The molecule has 5 aliphatic heterocycles. The predicted octanol–water partition coefficient (Wildman–Crippen LogP) is -2.84. The summed E-state index contributed by atoms with van der Waals surface area (Å²) >= 11 is 0. The molecule has 0 bridgehead atoms. The number of aliphatic hydroxyl groups excluding tert-OH is 14. The van der Waals surface area contributed by atoms with Gasteiger partial charge in [-0.05, 0) is 110 Å². The zero-order valence-electron chi connectivity index (χ0n) is 49.3. The Morgan fingerprint density at radius 1 is 0.576 bits per heavy atom. The number of carboxylic acid groups (broad SMARTS) is 1. The molecule has 9 fully saturated rings. The van der Waals surface area contributed by atoms with Crippen molar-refractivity contribution in [3.63, 3.8) is 0 Å². The molecule has 10 aliphatic rings. The largest absolute Gasteiger partial charge is 0.479 e. The number of hydrogen-bond donors (Lipinski definition) is 15. The normalized spacial score (nSPS) is 54.1. The average Bonchev–Trinajstić information content (AvgIpc) is 0.735. The quantitative estimate of drug-likeness (QED) is 0.0532. The second kappa shape index (κ2) is 23.8. The molecule has 85 heavy (non-hydrogen) atoms. The molecule has 0 aromatic rings. The molecule has 15 N–H and O–H groups in total. The zero-order chi connectivity index (χ0) is 62.2. The fourth-order valence-corrected chi connectivity index (χ4v) is 17.5. The van der Waals surface area contributed by atoms with Gasteiger partial charge in [-0.1, -0.05) is 60.1 Å². The van der Waals surface area contributed by atoms with Crippen molar-refractivity contribution in [1.29, 1.82) is 0 Å². The molecule has 5 saturated heterocycles. The maximum atomic E-state index is 15.8. The third-order valence-electron chi connectivity index (χ3n) is 22.7. The van der Waals surface area contributed by atoms with Gasteiger partial charge in [-0.2, -0.15) is 0 Å². The van der Waals surface area contributed by atoms with E-state index in [2.05, 4.69) is 54.5 Å². The van der Waals surface area contributed by atoms with Crippen LogP contribution in [0, 0.1) is 50.2 Å². The first kappa shape index (κ1) is 65.7. The summed E-state index contributed by atoms with van der Waals surface area (Å²) in [6.45, 7) is 14.7. The van der Waals surface area contributed by atoms with Gasteiger partial charge in [0.1, 0.15) is 97.0 Å². The second-order valence-corrected chi connectivity index (χ2v) is 28.3. The molecule has 0 aromatic carbocycles. The Hall–Kier alpha value is -2.24. The van der Waals surface area contributed by atoms with Gasteiger partial charge in [-0.25, -0.2) is 4.79 Å². The van der Waals surface area contributed by atoms with Crippen LogP contribution in [0.5, 0.6) is 0 Å². The summed E-state index contributed by atoms with van der Waals surface area (Å²) < 4.78 is 60.0. The third kappa shape index (κ3) is 10.9. The minimum absolute atomic E-state index is 0.0353. The molecule has 27 heteroatoms. The Morgan fingerprint density at radius 2 is 1.16 bits per heavy atom. The Kier molecular flexibility index (Phi) is 18.4. The summed E-state index contributed by atoms with van der Waals surface area (Å²) in [5.74, 6) is -2.88. The number of rotatable bonds is 12. The van der Waals surface area contributed by atoms with E-state index in [0.717, 1.165) is 12.0 Å². The fourth-order valence-electron chi connectivity index (χ4n) is 17.5. The van der Waals surface area contributed by atoms with Crippen LogP contribution in [0.25, 0.3) is 0 Å². The second-order valence-electron chi connectivity index (χ2n) is 28.3. The number of carbonyl (C=O) groups is 2. The zero-order valence-corrected chi connectivity index (χ0v) is 49.3. The van der Waals surface area contributed by atoms with Gasteiger partial charge in [0.15, 0.2) is 37.4 Å². The maximum Gasteiger partial charge on any atom is 0.335 e. The summed E-state index contributed by atoms with van der Waals surface area (Å²) in [6, 6.07) is 0. The molecule has 5 heterocycles. The smallest absolute Gasteiger partial charge is 0.335 e. The van der Waals surface area contributed by atoms with Crippen molar-refractivity contribution in [2.24, 2.45) is 50.2 Å². The van der Waals surface area contributed by atoms with E-state index in [-0.39, 0.29) is 35.5 Å². The monoisotopic (exact) mass is 1220 g/mol. The standard InChI is InChI=1S/C58H92O27/c1-22-42(81-47-38(69)32(63)25(60)20-76-47)37(68)41(72)48(78-22)84-45-43(82-49-39(70)34(65)33(64)27(19-59)79-49)26(61)21-77-51(45)85-52(75)58-16-15-53(2,3)17-24(58)23-9-10-29-55(6)13-12-31(80-50-40(71)35(66)36(67)44(83-50)46(73)74)54(4,5)28(55)11-14-56(29,7)57(23,8)18-30(58)62/h9,22,24-45,47-51,59-72H,10-21H2,1-8H3,(H,73,74). The first-order valence-corrected chi connectivity index (χ1v) is 30.1. The number of carbonyl (C=O) groups excluding carboxylic acids is 1. The topological polar surface area (TPSA) is 430 Å². The van der Waals surface area contributed by atoms with Gasteiger partial charge in [-0.3, -0.25) is 4.79 Å². The summed E-state index contributed by atoms with van der Waals surface area (Å²) in [4.78, 5) is 27.8. The van der Waals surface area contributed by atoms with Gasteiger partial charge in [-0.15, -0.1) is 0 Å². The Bertz CT molecular complexity index is 2430. The summed E-state index contributed by atoms with van der Waals surface area (Å²) in [6.07, 6.45) is -35.0. The van der Waals surface area contributed by atoms with Gasteiger partial charge < -0.3 is 124 Å². The van der Waals surface area contributed by atoms with E-state index in [1.165, 1.54) is 6.92 Å². The number of aliphatic hydroxyl groups is 14. The molecule has 0 aromatic heterocycles. The first-order chi connectivity index (χ1) is 39.7. The van der Waals surface area contributed by atoms with Crippen LogP contribution < -0.4 is 0 Å². The lowest BCUT2D eigenvalue weighted by Crippen LogP contribution is -2.68. The van der Waals surface area contributed by atoms with Crippen LogP contribution in [0.2, 0.25) is 0 Å². The molecule has 0 amide bonds. The van der Waals surface area contributed by atoms with E-state index in [9.17, 15) is 81.4 Å². The van der Waals surface area contributed by atoms with Crippen LogP contribution in [0.4, 0.5) is 0 Å². The minimum atomic E-state index is -2.03. The molecule has 10 rings (SSSR count). The average molecular weight is 1220 g/mol. The van der Waals surface area contributed by atoms with Gasteiger partial charge in [0, 0.05) is 0 Å². The summed E-state index contributed by atoms with van der Waals surface area (Å²) in [5.41, 5.74) is -2.92. The van der Waals surface area contributed by atoms with Crippen molar-refractivity contribution in [2.45, 2.75) is 267 Å². The van der Waals surface area contributed by atoms with E-state index in [1.54, 1.807) is 0 Å². The molecule has 5 aliphatic carbocycles. The van der Waals surface area contributed by atoms with Crippen LogP contribution >= 0.6 is 0 Å². The van der Waals surface area contributed by atoms with Crippen LogP contribution in [0.3, 0.4) is 0 Å². The summed E-state index contributed by atoms with van der Waals surface area (Å²) in [7, 11) is 0. The Labute approximate surface area is 492 Å². The van der Waals surface area contributed by atoms with Crippen molar-refractivity contribution in [3.8, 4) is 0 Å². The lowest BCUT2D eigenvalue weighted by atomic mass is 9.33. The Morgan fingerprint density at radius 3 is 1.84 bits per heavy atom. The van der Waals surface area contributed by atoms with Crippen LogP contribution in [0.1, 0.15) is 113 Å². The highest BCUT2D eigenvalue weighted by atomic mass is 16.8. The number of ether oxygens (including phenoxy) is 10. The van der Waals surface area contributed by atoms with E-state index >= 15 is 4.79 Å². The number of esters is 1. The van der Waals surface area contributed by atoms with E-state index in [0.29, 0.717) is 38.5 Å². The van der Waals surface area contributed by atoms with Crippen molar-refractivity contribution in [3.05, 3.63) is 11.6 Å². The number of allylic oxidation sites excluding steroid dienone is 2. The van der Waals surface area contributed by atoms with Crippen LogP contribution in [-0.4, -0.2) is 262 Å². The van der Waals surface area contributed by atoms with Crippen molar-refractivity contribution < 1.29 is 134 Å². The molecule has 32 atom stereocenters. The van der Waals surface area contributed by atoms with Gasteiger partial charge in [0.25, 0.3) is 0 Å². The van der Waals surface area contributed by atoms with Crippen molar-refractivity contribution in [1.82, 2.24) is 0 Å². The molecular formula is C58H92O27. The molecule has 0 radical (unpaired) electrons. The molecule has 486 valence electrons. The van der Waals surface area contributed by atoms with Crippen molar-refractivity contribution >= 4 is 11.9 Å². The number of carboxylic acids is 1. The Balaban J connectivity index is 0.932. The maximum absolute atomic E-state index is 15.8.